The minimum atomic E-state index is -0.233. The molecule has 0 radical (unpaired) electrons. The Morgan fingerprint density at radius 2 is 2.12 bits per heavy atom. The number of Topliss-reactive ketones (excluding diaryl/α,β-unsaturated/α-hetero) is 1. The van der Waals surface area contributed by atoms with Crippen molar-refractivity contribution < 1.29 is 4.79 Å². The number of rotatable bonds is 4. The number of carbonyl (C=O) groups excluding carboxylic acids is 1. The van der Waals surface area contributed by atoms with Crippen LogP contribution in [0.4, 0.5) is 0 Å². The molecule has 2 aromatic rings. The molecule has 4 nitrogen and oxygen atoms in total. The van der Waals surface area contributed by atoms with E-state index in [4.69, 9.17) is 11.6 Å². The zero-order chi connectivity index (χ0) is 17.3. The summed E-state index contributed by atoms with van der Waals surface area (Å²) in [6.07, 6.45) is 7.11. The fourth-order valence-electron chi connectivity index (χ4n) is 2.97. The van der Waals surface area contributed by atoms with Gasteiger partial charge in [-0.2, -0.15) is 0 Å². The third kappa shape index (κ3) is 3.20. The Morgan fingerprint density at radius 1 is 1.33 bits per heavy atom. The van der Waals surface area contributed by atoms with Crippen molar-refractivity contribution in [3.8, 4) is 0 Å². The number of aryl methyl sites for hydroxylation is 1. The van der Waals surface area contributed by atoms with E-state index in [0.29, 0.717) is 11.6 Å². The third-order valence-electron chi connectivity index (χ3n) is 4.24. The SMILES string of the molecule is CCCC(=O)C1C=C(C)C(c2cc3cnc(Cl)cc3nc2C)=CN1. The highest BCUT2D eigenvalue weighted by Gasteiger charge is 2.20. The molecule has 2 aromatic heterocycles. The molecule has 0 aromatic carbocycles. The lowest BCUT2D eigenvalue weighted by atomic mass is 9.92. The third-order valence-corrected chi connectivity index (χ3v) is 4.45. The zero-order valence-electron chi connectivity index (χ0n) is 14.1. The second-order valence-electron chi connectivity index (χ2n) is 6.09. The van der Waals surface area contributed by atoms with Gasteiger partial charge in [-0.25, -0.2) is 4.98 Å². The number of hydrogen-bond donors (Lipinski definition) is 1. The number of aromatic nitrogens is 2. The fraction of sp³-hybridized carbons (Fsp3) is 0.316. The number of nitrogens with one attached hydrogen (secondary N) is 1. The van der Waals surface area contributed by atoms with Gasteiger partial charge in [0.2, 0.25) is 0 Å². The summed E-state index contributed by atoms with van der Waals surface area (Å²) in [7, 11) is 0. The van der Waals surface area contributed by atoms with Crippen LogP contribution in [0.5, 0.6) is 0 Å². The molecule has 0 saturated carbocycles. The molecule has 3 heterocycles. The molecule has 0 amide bonds. The normalized spacial score (nSPS) is 17.2. The molecule has 1 unspecified atom stereocenters. The van der Waals surface area contributed by atoms with Crippen LogP contribution in [0, 0.1) is 6.92 Å². The van der Waals surface area contributed by atoms with Crippen molar-refractivity contribution >= 4 is 33.9 Å². The molecule has 1 N–H and O–H groups in total. The van der Waals surface area contributed by atoms with E-state index in [-0.39, 0.29) is 11.8 Å². The Morgan fingerprint density at radius 3 is 2.83 bits per heavy atom. The van der Waals surface area contributed by atoms with Crippen molar-refractivity contribution in [1.29, 1.82) is 0 Å². The Bertz CT molecular complexity index is 870. The number of nitrogens with zero attached hydrogens (tertiary/aromatic N) is 2. The van der Waals surface area contributed by atoms with Gasteiger partial charge >= 0.3 is 0 Å². The Kier molecular flexibility index (Phi) is 4.67. The molecular formula is C19H20ClN3O. The Labute approximate surface area is 146 Å². The van der Waals surface area contributed by atoms with Gasteiger partial charge in [0.15, 0.2) is 5.78 Å². The number of carbonyl (C=O) groups is 1. The van der Waals surface area contributed by atoms with E-state index in [1.807, 2.05) is 33.0 Å². The highest BCUT2D eigenvalue weighted by Crippen LogP contribution is 2.30. The zero-order valence-corrected chi connectivity index (χ0v) is 14.8. The van der Waals surface area contributed by atoms with E-state index >= 15 is 0 Å². The molecule has 0 saturated heterocycles. The lowest BCUT2D eigenvalue weighted by molar-refractivity contribution is -0.119. The minimum absolute atomic E-state index is 0.222. The summed E-state index contributed by atoms with van der Waals surface area (Å²) in [4.78, 5) is 20.9. The average molecular weight is 342 g/mol. The second kappa shape index (κ2) is 6.73. The van der Waals surface area contributed by atoms with Crippen LogP contribution in [0.1, 0.15) is 37.9 Å². The van der Waals surface area contributed by atoms with Crippen LogP contribution in [0.2, 0.25) is 5.15 Å². The molecule has 5 heteroatoms. The van der Waals surface area contributed by atoms with Gasteiger partial charge in [-0.05, 0) is 31.9 Å². The van der Waals surface area contributed by atoms with Crippen molar-refractivity contribution in [2.45, 2.75) is 39.7 Å². The quantitative estimate of drug-likeness (QED) is 0.846. The molecular weight excluding hydrogens is 322 g/mol. The summed E-state index contributed by atoms with van der Waals surface area (Å²) in [6, 6.07) is 3.60. The van der Waals surface area contributed by atoms with E-state index in [0.717, 1.165) is 39.7 Å². The highest BCUT2D eigenvalue weighted by atomic mass is 35.5. The maximum absolute atomic E-state index is 12.1. The van der Waals surface area contributed by atoms with Crippen LogP contribution in [-0.2, 0) is 4.79 Å². The lowest BCUT2D eigenvalue weighted by Gasteiger charge is -2.22. The number of allylic oxidation sites excluding steroid dienone is 2. The first-order valence-electron chi connectivity index (χ1n) is 8.10. The number of fused-ring (bicyclic) bond motifs is 1. The number of ketones is 1. The second-order valence-corrected chi connectivity index (χ2v) is 6.48. The summed E-state index contributed by atoms with van der Waals surface area (Å²) >= 11 is 5.94. The predicted octanol–water partition coefficient (Wildman–Crippen LogP) is 4.22. The average Bonchev–Trinajstić information content (AvgIpc) is 2.54. The van der Waals surface area contributed by atoms with Crippen molar-refractivity contribution in [3.05, 3.63) is 52.6 Å². The molecule has 0 bridgehead atoms. The van der Waals surface area contributed by atoms with Crippen molar-refractivity contribution in [3.63, 3.8) is 0 Å². The Hall–Kier alpha value is -2.20. The van der Waals surface area contributed by atoms with Crippen molar-refractivity contribution in [2.75, 3.05) is 0 Å². The van der Waals surface area contributed by atoms with Crippen LogP contribution >= 0.6 is 11.6 Å². The monoisotopic (exact) mass is 341 g/mol. The van der Waals surface area contributed by atoms with Crippen LogP contribution in [0.15, 0.2) is 36.2 Å². The number of hydrogen-bond acceptors (Lipinski definition) is 4. The number of dihydropyridines is 1. The summed E-state index contributed by atoms with van der Waals surface area (Å²) in [5, 5.41) is 4.60. The van der Waals surface area contributed by atoms with Crippen LogP contribution in [-0.4, -0.2) is 21.8 Å². The largest absolute Gasteiger partial charge is 0.378 e. The predicted molar refractivity (Wildman–Crippen MR) is 97.9 cm³/mol. The van der Waals surface area contributed by atoms with Gasteiger partial charge in [0.05, 0.1) is 5.52 Å². The summed E-state index contributed by atoms with van der Waals surface area (Å²) in [5.74, 6) is 0.222. The molecule has 0 fully saturated rings. The van der Waals surface area contributed by atoms with E-state index in [1.54, 1.807) is 12.3 Å². The van der Waals surface area contributed by atoms with Gasteiger partial charge in [0.25, 0.3) is 0 Å². The molecule has 1 atom stereocenters. The van der Waals surface area contributed by atoms with E-state index in [2.05, 4.69) is 21.4 Å². The van der Waals surface area contributed by atoms with Crippen LogP contribution in [0.3, 0.4) is 0 Å². The topological polar surface area (TPSA) is 54.9 Å². The summed E-state index contributed by atoms with van der Waals surface area (Å²) in [6.45, 7) is 6.02. The van der Waals surface area contributed by atoms with Gasteiger partial charge in [-0.3, -0.25) is 9.78 Å². The van der Waals surface area contributed by atoms with Gasteiger partial charge < -0.3 is 5.32 Å². The molecule has 0 aliphatic carbocycles. The molecule has 24 heavy (non-hydrogen) atoms. The van der Waals surface area contributed by atoms with E-state index in [1.165, 1.54) is 0 Å². The fourth-order valence-corrected chi connectivity index (χ4v) is 3.12. The maximum Gasteiger partial charge on any atom is 0.158 e. The Balaban J connectivity index is 1.96. The molecule has 124 valence electrons. The van der Waals surface area contributed by atoms with E-state index in [9.17, 15) is 4.79 Å². The molecule has 3 rings (SSSR count). The summed E-state index contributed by atoms with van der Waals surface area (Å²) in [5.41, 5.74) is 4.92. The van der Waals surface area contributed by atoms with Gasteiger partial charge in [-0.1, -0.05) is 24.6 Å². The smallest absolute Gasteiger partial charge is 0.158 e. The first kappa shape index (κ1) is 16.7. The summed E-state index contributed by atoms with van der Waals surface area (Å²) < 4.78 is 0. The van der Waals surface area contributed by atoms with E-state index < -0.39 is 0 Å². The highest BCUT2D eigenvalue weighted by molar-refractivity contribution is 6.30. The standard InChI is InChI=1S/C19H20ClN3O/c1-4-5-18(24)17-6-11(2)15(10-21-17)14-7-13-9-22-19(20)8-16(13)23-12(14)3/h6-10,17,21H,4-5H2,1-3H3. The minimum Gasteiger partial charge on any atom is -0.378 e. The molecule has 0 spiro atoms. The van der Waals surface area contributed by atoms with Crippen molar-refractivity contribution in [1.82, 2.24) is 15.3 Å². The van der Waals surface area contributed by atoms with Crippen LogP contribution in [0.25, 0.3) is 16.5 Å². The maximum atomic E-state index is 12.1. The van der Waals surface area contributed by atoms with Crippen LogP contribution < -0.4 is 5.32 Å². The van der Waals surface area contributed by atoms with Gasteiger partial charge in [0, 0.05) is 47.1 Å². The van der Waals surface area contributed by atoms with Gasteiger partial charge in [0.1, 0.15) is 11.2 Å². The number of halogens is 1. The first-order chi connectivity index (χ1) is 11.5. The molecule has 1 aliphatic heterocycles. The van der Waals surface area contributed by atoms with Gasteiger partial charge in [-0.15, -0.1) is 0 Å². The first-order valence-corrected chi connectivity index (χ1v) is 8.48. The van der Waals surface area contributed by atoms with Crippen molar-refractivity contribution in [2.24, 2.45) is 0 Å². The molecule has 1 aliphatic rings. The number of pyridine rings is 2. The lowest BCUT2D eigenvalue weighted by Crippen LogP contribution is -2.34.